The van der Waals surface area contributed by atoms with Gasteiger partial charge in [0.05, 0.1) is 5.02 Å². The van der Waals surface area contributed by atoms with Crippen molar-refractivity contribution in [2.45, 2.75) is 19.3 Å². The molecule has 1 aromatic heterocycles. The molecule has 2 aromatic carbocycles. The SMILES string of the molecule is Cc1ccc(-c2nc([C@@H]3CC(=O)N(c4ccc(F)c(Cl)c4)C3)no2)cc1. The van der Waals surface area contributed by atoms with Gasteiger partial charge in [-0.05, 0) is 37.3 Å². The van der Waals surface area contributed by atoms with E-state index >= 15 is 0 Å². The summed E-state index contributed by atoms with van der Waals surface area (Å²) in [5, 5.41) is 4.03. The number of anilines is 1. The van der Waals surface area contributed by atoms with Crippen molar-refractivity contribution in [1.82, 2.24) is 10.1 Å². The van der Waals surface area contributed by atoms with Crippen LogP contribution in [0.15, 0.2) is 47.0 Å². The van der Waals surface area contributed by atoms with Gasteiger partial charge in [-0.1, -0.05) is 34.5 Å². The number of halogens is 2. The van der Waals surface area contributed by atoms with E-state index in [9.17, 15) is 9.18 Å². The van der Waals surface area contributed by atoms with Crippen LogP contribution in [-0.2, 0) is 4.79 Å². The third-order valence-corrected chi connectivity index (χ3v) is 4.73. The van der Waals surface area contributed by atoms with Crippen molar-refractivity contribution >= 4 is 23.2 Å². The van der Waals surface area contributed by atoms with E-state index < -0.39 is 5.82 Å². The van der Waals surface area contributed by atoms with Crippen molar-refractivity contribution < 1.29 is 13.7 Å². The van der Waals surface area contributed by atoms with E-state index in [1.807, 2.05) is 31.2 Å². The number of carbonyl (C=O) groups excluding carboxylic acids is 1. The number of aromatic nitrogens is 2. The van der Waals surface area contributed by atoms with E-state index in [0.717, 1.165) is 11.1 Å². The minimum Gasteiger partial charge on any atom is -0.334 e. The Kier molecular flexibility index (Phi) is 4.20. The second-order valence-electron chi connectivity index (χ2n) is 6.33. The first kappa shape index (κ1) is 16.7. The van der Waals surface area contributed by atoms with Crippen LogP contribution in [0, 0.1) is 12.7 Å². The Labute approximate surface area is 154 Å². The number of nitrogens with zero attached hydrogens (tertiary/aromatic N) is 3. The van der Waals surface area contributed by atoms with Crippen LogP contribution in [0.3, 0.4) is 0 Å². The largest absolute Gasteiger partial charge is 0.334 e. The molecule has 5 nitrogen and oxygen atoms in total. The van der Waals surface area contributed by atoms with E-state index in [1.54, 1.807) is 4.90 Å². The molecule has 4 rings (SSSR count). The highest BCUT2D eigenvalue weighted by Crippen LogP contribution is 2.33. The Balaban J connectivity index is 1.55. The Morgan fingerprint density at radius 3 is 2.73 bits per heavy atom. The molecule has 132 valence electrons. The predicted molar refractivity (Wildman–Crippen MR) is 95.6 cm³/mol. The Morgan fingerprint density at radius 2 is 2.00 bits per heavy atom. The lowest BCUT2D eigenvalue weighted by Gasteiger charge is -2.16. The zero-order chi connectivity index (χ0) is 18.3. The highest BCUT2D eigenvalue weighted by Gasteiger charge is 2.34. The number of aryl methyl sites for hydroxylation is 1. The van der Waals surface area contributed by atoms with Crippen LogP contribution in [0.1, 0.15) is 23.7 Å². The van der Waals surface area contributed by atoms with Crippen LogP contribution >= 0.6 is 11.6 Å². The normalized spacial score (nSPS) is 17.1. The van der Waals surface area contributed by atoms with Gasteiger partial charge in [0.2, 0.25) is 5.91 Å². The Morgan fingerprint density at radius 1 is 1.23 bits per heavy atom. The molecule has 0 bridgehead atoms. The van der Waals surface area contributed by atoms with Crippen LogP contribution in [0.25, 0.3) is 11.5 Å². The van der Waals surface area contributed by atoms with Crippen molar-refractivity contribution in [3.63, 3.8) is 0 Å². The number of carbonyl (C=O) groups is 1. The lowest BCUT2D eigenvalue weighted by atomic mass is 10.1. The highest BCUT2D eigenvalue weighted by molar-refractivity contribution is 6.31. The van der Waals surface area contributed by atoms with Crippen molar-refractivity contribution in [3.8, 4) is 11.5 Å². The van der Waals surface area contributed by atoms with Gasteiger partial charge in [-0.2, -0.15) is 4.98 Å². The summed E-state index contributed by atoms with van der Waals surface area (Å²) in [4.78, 5) is 18.4. The highest BCUT2D eigenvalue weighted by atomic mass is 35.5. The number of benzene rings is 2. The molecule has 7 heteroatoms. The van der Waals surface area contributed by atoms with Gasteiger partial charge in [0, 0.05) is 30.1 Å². The molecular weight excluding hydrogens is 357 g/mol. The fourth-order valence-electron chi connectivity index (χ4n) is 3.00. The number of rotatable bonds is 3. The summed E-state index contributed by atoms with van der Waals surface area (Å²) in [7, 11) is 0. The summed E-state index contributed by atoms with van der Waals surface area (Å²) in [6.07, 6.45) is 0.266. The summed E-state index contributed by atoms with van der Waals surface area (Å²) in [6.45, 7) is 2.40. The molecule has 1 saturated heterocycles. The standard InChI is InChI=1S/C19H15ClFN3O2/c1-11-2-4-12(5-3-11)19-22-18(23-26-19)13-8-17(25)24(10-13)14-6-7-16(21)15(20)9-14/h2-7,9,13H,8,10H2,1H3/t13-/m1/s1. The van der Waals surface area contributed by atoms with Gasteiger partial charge in [-0.25, -0.2) is 4.39 Å². The second kappa shape index (κ2) is 6.53. The third kappa shape index (κ3) is 3.08. The van der Waals surface area contributed by atoms with Crippen LogP contribution in [0.4, 0.5) is 10.1 Å². The fraction of sp³-hybridized carbons (Fsp3) is 0.211. The Bertz CT molecular complexity index is 971. The molecule has 1 amide bonds. The van der Waals surface area contributed by atoms with Crippen molar-refractivity contribution in [3.05, 3.63) is 64.7 Å². The number of hydrogen-bond donors (Lipinski definition) is 0. The first-order chi connectivity index (χ1) is 12.5. The van der Waals surface area contributed by atoms with Crippen molar-refractivity contribution in [1.29, 1.82) is 0 Å². The number of hydrogen-bond acceptors (Lipinski definition) is 4. The monoisotopic (exact) mass is 371 g/mol. The lowest BCUT2D eigenvalue weighted by molar-refractivity contribution is -0.117. The van der Waals surface area contributed by atoms with Crippen LogP contribution in [-0.4, -0.2) is 22.6 Å². The summed E-state index contributed by atoms with van der Waals surface area (Å²) in [5.74, 6) is 0.133. The van der Waals surface area contributed by atoms with Crippen LogP contribution in [0.5, 0.6) is 0 Å². The maximum absolute atomic E-state index is 13.3. The minimum atomic E-state index is -0.514. The van der Waals surface area contributed by atoms with Gasteiger partial charge in [-0.3, -0.25) is 4.79 Å². The first-order valence-electron chi connectivity index (χ1n) is 8.17. The van der Waals surface area contributed by atoms with E-state index in [2.05, 4.69) is 10.1 Å². The van der Waals surface area contributed by atoms with E-state index in [1.165, 1.54) is 18.2 Å². The van der Waals surface area contributed by atoms with Gasteiger partial charge in [-0.15, -0.1) is 0 Å². The smallest absolute Gasteiger partial charge is 0.257 e. The maximum atomic E-state index is 13.3. The van der Waals surface area contributed by atoms with Crippen LogP contribution in [0.2, 0.25) is 5.02 Å². The van der Waals surface area contributed by atoms with Gasteiger partial charge in [0.15, 0.2) is 5.82 Å². The molecule has 3 aromatic rings. The molecule has 26 heavy (non-hydrogen) atoms. The molecule has 1 atom stereocenters. The van der Waals surface area contributed by atoms with Crippen molar-refractivity contribution in [2.24, 2.45) is 0 Å². The molecular formula is C19H15ClFN3O2. The molecule has 0 saturated carbocycles. The quantitative estimate of drug-likeness (QED) is 0.686. The van der Waals surface area contributed by atoms with E-state index in [-0.39, 0.29) is 23.3 Å². The predicted octanol–water partition coefficient (Wildman–Crippen LogP) is 4.36. The van der Waals surface area contributed by atoms with Gasteiger partial charge < -0.3 is 9.42 Å². The fourth-order valence-corrected chi connectivity index (χ4v) is 3.17. The Hall–Kier alpha value is -2.73. The zero-order valence-electron chi connectivity index (χ0n) is 13.9. The molecule has 0 N–H and O–H groups in total. The average Bonchev–Trinajstić information content (AvgIpc) is 3.25. The number of amides is 1. The minimum absolute atomic E-state index is 0.0139. The molecule has 1 fully saturated rings. The summed E-state index contributed by atoms with van der Waals surface area (Å²) >= 11 is 5.82. The summed E-state index contributed by atoms with van der Waals surface area (Å²) in [6, 6.07) is 12.0. The molecule has 1 aliphatic rings. The molecule has 0 radical (unpaired) electrons. The zero-order valence-corrected chi connectivity index (χ0v) is 14.7. The second-order valence-corrected chi connectivity index (χ2v) is 6.73. The third-order valence-electron chi connectivity index (χ3n) is 4.45. The lowest BCUT2D eigenvalue weighted by Crippen LogP contribution is -2.24. The van der Waals surface area contributed by atoms with Gasteiger partial charge >= 0.3 is 0 Å². The topological polar surface area (TPSA) is 59.2 Å². The van der Waals surface area contributed by atoms with E-state index in [0.29, 0.717) is 23.9 Å². The average molecular weight is 372 g/mol. The van der Waals surface area contributed by atoms with Gasteiger partial charge in [0.1, 0.15) is 5.82 Å². The summed E-state index contributed by atoms with van der Waals surface area (Å²) < 4.78 is 18.7. The molecule has 0 aliphatic carbocycles. The van der Waals surface area contributed by atoms with E-state index in [4.69, 9.17) is 16.1 Å². The molecule has 0 unspecified atom stereocenters. The molecule has 1 aliphatic heterocycles. The molecule has 2 heterocycles. The van der Waals surface area contributed by atoms with Crippen LogP contribution < -0.4 is 4.90 Å². The van der Waals surface area contributed by atoms with Gasteiger partial charge in [0.25, 0.3) is 5.89 Å². The van der Waals surface area contributed by atoms with Crippen molar-refractivity contribution in [2.75, 3.05) is 11.4 Å². The first-order valence-corrected chi connectivity index (χ1v) is 8.55. The molecule has 0 spiro atoms. The summed E-state index contributed by atoms with van der Waals surface area (Å²) in [5.41, 5.74) is 2.54. The maximum Gasteiger partial charge on any atom is 0.257 e.